The molecule has 0 radical (unpaired) electrons. The average Bonchev–Trinajstić information content (AvgIpc) is 2.38. The number of amides is 1. The lowest BCUT2D eigenvalue weighted by atomic mass is 10.2. The van der Waals surface area contributed by atoms with Crippen molar-refractivity contribution in [2.45, 2.75) is 0 Å². The first-order valence-corrected chi connectivity index (χ1v) is 5.76. The minimum Gasteiger partial charge on any atom is -0.321 e. The first-order valence-electron chi connectivity index (χ1n) is 5.39. The second kappa shape index (κ2) is 5.98. The summed E-state index contributed by atoms with van der Waals surface area (Å²) in [6, 6.07) is 10.8. The van der Waals surface area contributed by atoms with Gasteiger partial charge in [0.2, 0.25) is 5.91 Å². The normalized spacial score (nSPS) is 10.5. The molecule has 4 heteroatoms. The molecule has 1 aromatic heterocycles. The summed E-state index contributed by atoms with van der Waals surface area (Å²) in [4.78, 5) is 15.5. The minimum atomic E-state index is -0.206. The van der Waals surface area contributed by atoms with Crippen molar-refractivity contribution < 1.29 is 4.79 Å². The number of carbonyl (C=O) groups is 1. The van der Waals surface area contributed by atoms with Gasteiger partial charge in [0, 0.05) is 17.3 Å². The quantitative estimate of drug-likeness (QED) is 0.858. The summed E-state index contributed by atoms with van der Waals surface area (Å²) in [6.45, 7) is 0. The number of hydrogen-bond acceptors (Lipinski definition) is 2. The molecule has 1 aromatic carbocycles. The lowest BCUT2D eigenvalue weighted by Gasteiger charge is -2.00. The van der Waals surface area contributed by atoms with Crippen LogP contribution in [-0.4, -0.2) is 10.9 Å². The van der Waals surface area contributed by atoms with Gasteiger partial charge in [-0.15, -0.1) is 0 Å². The number of hydrogen-bond donors (Lipinski definition) is 1. The van der Waals surface area contributed by atoms with E-state index >= 15 is 0 Å². The van der Waals surface area contributed by atoms with Crippen LogP contribution >= 0.6 is 11.6 Å². The molecule has 0 saturated carbocycles. The van der Waals surface area contributed by atoms with Crippen molar-refractivity contribution in [3.8, 4) is 0 Å². The molecule has 2 aromatic rings. The Labute approximate surface area is 110 Å². The molecule has 3 nitrogen and oxygen atoms in total. The van der Waals surface area contributed by atoms with E-state index in [0.29, 0.717) is 10.7 Å². The van der Waals surface area contributed by atoms with Gasteiger partial charge < -0.3 is 5.32 Å². The van der Waals surface area contributed by atoms with Gasteiger partial charge in [-0.3, -0.25) is 9.78 Å². The molecule has 2 rings (SSSR count). The van der Waals surface area contributed by atoms with Crippen molar-refractivity contribution in [1.82, 2.24) is 4.98 Å². The van der Waals surface area contributed by atoms with E-state index in [1.165, 1.54) is 6.08 Å². The van der Waals surface area contributed by atoms with Crippen LogP contribution in [0, 0.1) is 0 Å². The average molecular weight is 259 g/mol. The molecule has 0 atom stereocenters. The van der Waals surface area contributed by atoms with Crippen molar-refractivity contribution in [3.63, 3.8) is 0 Å². The number of halogens is 1. The molecule has 0 spiro atoms. The monoisotopic (exact) mass is 258 g/mol. The molecule has 1 amide bonds. The van der Waals surface area contributed by atoms with Crippen molar-refractivity contribution in [1.29, 1.82) is 0 Å². The number of anilines is 1. The summed E-state index contributed by atoms with van der Waals surface area (Å²) in [5.74, 6) is -0.206. The first-order chi connectivity index (χ1) is 8.74. The molecule has 1 heterocycles. The highest BCUT2D eigenvalue weighted by molar-refractivity contribution is 6.30. The fourth-order valence-corrected chi connectivity index (χ4v) is 1.60. The van der Waals surface area contributed by atoms with E-state index in [-0.39, 0.29) is 5.91 Å². The summed E-state index contributed by atoms with van der Waals surface area (Å²) in [5.41, 5.74) is 1.54. The number of benzene rings is 1. The van der Waals surface area contributed by atoms with E-state index in [1.54, 1.807) is 42.7 Å². The third-order valence-electron chi connectivity index (χ3n) is 2.20. The Kier molecular flexibility index (Phi) is 4.10. The Balaban J connectivity index is 1.99. The number of pyridine rings is 1. The number of carbonyl (C=O) groups excluding carboxylic acids is 1. The van der Waals surface area contributed by atoms with Gasteiger partial charge in [0.05, 0.1) is 11.9 Å². The molecule has 0 bridgehead atoms. The molecular formula is C14H11ClN2O. The molecule has 90 valence electrons. The largest absolute Gasteiger partial charge is 0.321 e. The number of nitrogens with one attached hydrogen (secondary N) is 1. The SMILES string of the molecule is O=C(/C=C/c1cccc(Cl)c1)Nc1cccnc1. The van der Waals surface area contributed by atoms with Crippen LogP contribution in [0.25, 0.3) is 6.08 Å². The fourth-order valence-electron chi connectivity index (χ4n) is 1.40. The van der Waals surface area contributed by atoms with Crippen LogP contribution in [0.3, 0.4) is 0 Å². The van der Waals surface area contributed by atoms with E-state index in [4.69, 9.17) is 11.6 Å². The Morgan fingerprint density at radius 1 is 1.28 bits per heavy atom. The summed E-state index contributed by atoms with van der Waals surface area (Å²) in [7, 11) is 0. The summed E-state index contributed by atoms with van der Waals surface area (Å²) < 4.78 is 0. The van der Waals surface area contributed by atoms with Crippen molar-refractivity contribution in [2.24, 2.45) is 0 Å². The third kappa shape index (κ3) is 3.71. The van der Waals surface area contributed by atoms with Crippen molar-refractivity contribution >= 4 is 29.3 Å². The minimum absolute atomic E-state index is 0.206. The maximum absolute atomic E-state index is 11.6. The van der Waals surface area contributed by atoms with Gasteiger partial charge in [-0.05, 0) is 35.9 Å². The van der Waals surface area contributed by atoms with Gasteiger partial charge in [-0.25, -0.2) is 0 Å². The van der Waals surface area contributed by atoms with Gasteiger partial charge in [0.25, 0.3) is 0 Å². The van der Waals surface area contributed by atoms with Crippen molar-refractivity contribution in [2.75, 3.05) is 5.32 Å². The summed E-state index contributed by atoms with van der Waals surface area (Å²) in [5, 5.41) is 3.35. The predicted octanol–water partition coefficient (Wildman–Crippen LogP) is 3.39. The van der Waals surface area contributed by atoms with E-state index < -0.39 is 0 Å². The van der Waals surface area contributed by atoms with Crippen LogP contribution in [-0.2, 0) is 4.79 Å². The second-order valence-electron chi connectivity index (χ2n) is 3.62. The molecule has 0 aliphatic heterocycles. The topological polar surface area (TPSA) is 42.0 Å². The van der Waals surface area contributed by atoms with Crippen molar-refractivity contribution in [3.05, 3.63) is 65.5 Å². The second-order valence-corrected chi connectivity index (χ2v) is 4.06. The highest BCUT2D eigenvalue weighted by atomic mass is 35.5. The smallest absolute Gasteiger partial charge is 0.248 e. The lowest BCUT2D eigenvalue weighted by molar-refractivity contribution is -0.111. The third-order valence-corrected chi connectivity index (χ3v) is 2.44. The molecule has 0 saturated heterocycles. The van der Waals surface area contributed by atoms with Gasteiger partial charge >= 0.3 is 0 Å². The zero-order valence-electron chi connectivity index (χ0n) is 9.51. The maximum Gasteiger partial charge on any atom is 0.248 e. The van der Waals surface area contributed by atoms with Gasteiger partial charge in [-0.2, -0.15) is 0 Å². The van der Waals surface area contributed by atoms with E-state index in [1.807, 2.05) is 12.1 Å². The van der Waals surface area contributed by atoms with Crippen LogP contribution in [0.5, 0.6) is 0 Å². The number of rotatable bonds is 3. The maximum atomic E-state index is 11.6. The van der Waals surface area contributed by atoms with E-state index in [9.17, 15) is 4.79 Å². The molecule has 0 fully saturated rings. The highest BCUT2D eigenvalue weighted by Gasteiger charge is 1.97. The first kappa shape index (κ1) is 12.3. The van der Waals surface area contributed by atoms with Gasteiger partial charge in [-0.1, -0.05) is 23.7 Å². The standard InChI is InChI=1S/C14H11ClN2O/c15-12-4-1-3-11(9-12)6-7-14(18)17-13-5-2-8-16-10-13/h1-10H,(H,17,18)/b7-6+. The fraction of sp³-hybridized carbons (Fsp3) is 0. The Morgan fingerprint density at radius 3 is 2.89 bits per heavy atom. The summed E-state index contributed by atoms with van der Waals surface area (Å²) >= 11 is 5.85. The Hall–Kier alpha value is -2.13. The Morgan fingerprint density at radius 2 is 2.17 bits per heavy atom. The molecule has 0 aliphatic rings. The van der Waals surface area contributed by atoms with Crippen LogP contribution in [0.15, 0.2) is 54.9 Å². The van der Waals surface area contributed by atoms with Crippen LogP contribution in [0.2, 0.25) is 5.02 Å². The van der Waals surface area contributed by atoms with E-state index in [2.05, 4.69) is 10.3 Å². The molecule has 18 heavy (non-hydrogen) atoms. The zero-order valence-corrected chi connectivity index (χ0v) is 10.3. The molecule has 0 unspecified atom stereocenters. The van der Waals surface area contributed by atoms with Gasteiger partial charge in [0.15, 0.2) is 0 Å². The number of aromatic nitrogens is 1. The number of nitrogens with zero attached hydrogens (tertiary/aromatic N) is 1. The molecule has 1 N–H and O–H groups in total. The molecule has 0 aliphatic carbocycles. The summed E-state index contributed by atoms with van der Waals surface area (Å²) in [6.07, 6.45) is 6.40. The molecular weight excluding hydrogens is 248 g/mol. The predicted molar refractivity (Wildman–Crippen MR) is 73.4 cm³/mol. The van der Waals surface area contributed by atoms with Crippen LogP contribution in [0.4, 0.5) is 5.69 Å². The van der Waals surface area contributed by atoms with Crippen LogP contribution < -0.4 is 5.32 Å². The highest BCUT2D eigenvalue weighted by Crippen LogP contribution is 2.12. The van der Waals surface area contributed by atoms with E-state index in [0.717, 1.165) is 5.56 Å². The van der Waals surface area contributed by atoms with Gasteiger partial charge in [0.1, 0.15) is 0 Å². The van der Waals surface area contributed by atoms with Crippen LogP contribution in [0.1, 0.15) is 5.56 Å². The lowest BCUT2D eigenvalue weighted by Crippen LogP contribution is -2.07. The Bertz CT molecular complexity index is 567. The zero-order chi connectivity index (χ0) is 12.8.